The van der Waals surface area contributed by atoms with Crippen molar-refractivity contribution < 1.29 is 17.9 Å². The zero-order chi connectivity index (χ0) is 19.3. The number of nitrogens with zero attached hydrogens (tertiary/aromatic N) is 2. The lowest BCUT2D eigenvalue weighted by molar-refractivity contribution is -0.135. The van der Waals surface area contributed by atoms with Crippen molar-refractivity contribution in [2.75, 3.05) is 39.0 Å². The second-order valence-corrected chi connectivity index (χ2v) is 9.26. The monoisotopic (exact) mass is 382 g/mol. The van der Waals surface area contributed by atoms with Crippen LogP contribution in [0.5, 0.6) is 5.75 Å². The predicted octanol–water partition coefficient (Wildman–Crippen LogP) is 2.20. The Hall–Kier alpha value is -1.60. The van der Waals surface area contributed by atoms with Crippen molar-refractivity contribution in [2.45, 2.75) is 33.6 Å². The molecule has 1 aromatic rings. The summed E-state index contributed by atoms with van der Waals surface area (Å²) in [5.74, 6) is 0.898. The quantitative estimate of drug-likeness (QED) is 0.725. The van der Waals surface area contributed by atoms with Crippen LogP contribution in [0.25, 0.3) is 0 Å². The van der Waals surface area contributed by atoms with Gasteiger partial charge in [0.1, 0.15) is 12.4 Å². The van der Waals surface area contributed by atoms with E-state index in [1.54, 1.807) is 18.9 Å². The molecule has 7 heteroatoms. The average Bonchev–Trinajstić information content (AvgIpc) is 2.60. The summed E-state index contributed by atoms with van der Waals surface area (Å²) in [6.45, 7) is 7.52. The first kappa shape index (κ1) is 20.7. The summed E-state index contributed by atoms with van der Waals surface area (Å²) in [5.41, 5.74) is 2.30. The molecule has 1 fully saturated rings. The second-order valence-electron chi connectivity index (χ2n) is 7.01. The van der Waals surface area contributed by atoms with Crippen molar-refractivity contribution in [1.82, 2.24) is 9.21 Å². The molecule has 0 unspecified atom stereocenters. The van der Waals surface area contributed by atoms with Crippen LogP contribution in [0.4, 0.5) is 0 Å². The van der Waals surface area contributed by atoms with Gasteiger partial charge in [0.2, 0.25) is 15.9 Å². The van der Waals surface area contributed by atoms with Crippen molar-refractivity contribution in [1.29, 1.82) is 0 Å². The van der Waals surface area contributed by atoms with E-state index in [9.17, 15) is 13.2 Å². The normalized spacial score (nSPS) is 16.5. The van der Waals surface area contributed by atoms with Crippen LogP contribution < -0.4 is 4.74 Å². The fourth-order valence-electron chi connectivity index (χ4n) is 3.30. The smallest absolute Gasteiger partial charge is 0.225 e. The van der Waals surface area contributed by atoms with Gasteiger partial charge in [-0.2, -0.15) is 0 Å². The van der Waals surface area contributed by atoms with Gasteiger partial charge in [0.05, 0.1) is 12.3 Å². The molecule has 1 saturated heterocycles. The molecule has 2 rings (SSSR count). The van der Waals surface area contributed by atoms with Gasteiger partial charge in [-0.05, 0) is 56.9 Å². The van der Waals surface area contributed by atoms with Crippen molar-refractivity contribution in [3.63, 3.8) is 0 Å². The lowest BCUT2D eigenvalue weighted by Gasteiger charge is -2.32. The van der Waals surface area contributed by atoms with Crippen molar-refractivity contribution >= 4 is 15.9 Å². The molecule has 0 aromatic heterocycles. The molecule has 26 heavy (non-hydrogen) atoms. The summed E-state index contributed by atoms with van der Waals surface area (Å²) in [5, 5.41) is 0. The van der Waals surface area contributed by atoms with Crippen LogP contribution >= 0.6 is 0 Å². The molecule has 0 saturated carbocycles. The van der Waals surface area contributed by atoms with Crippen LogP contribution in [-0.2, 0) is 14.8 Å². The van der Waals surface area contributed by atoms with Crippen molar-refractivity contribution in [2.24, 2.45) is 5.92 Å². The van der Waals surface area contributed by atoms with E-state index in [0.29, 0.717) is 39.1 Å². The summed E-state index contributed by atoms with van der Waals surface area (Å²) in [7, 11) is -1.37. The van der Waals surface area contributed by atoms with Gasteiger partial charge in [-0.3, -0.25) is 4.79 Å². The fraction of sp³-hybridized carbons (Fsp3) is 0.632. The average molecular weight is 383 g/mol. The number of rotatable bonds is 7. The van der Waals surface area contributed by atoms with E-state index < -0.39 is 10.0 Å². The third kappa shape index (κ3) is 5.45. The predicted molar refractivity (Wildman–Crippen MR) is 103 cm³/mol. The molecule has 0 radical (unpaired) electrons. The Labute approximate surface area is 157 Å². The molecule has 1 aliphatic heterocycles. The zero-order valence-corrected chi connectivity index (χ0v) is 17.0. The van der Waals surface area contributed by atoms with Crippen molar-refractivity contribution in [3.8, 4) is 5.75 Å². The highest BCUT2D eigenvalue weighted by Gasteiger charge is 2.31. The van der Waals surface area contributed by atoms with Gasteiger partial charge >= 0.3 is 0 Å². The molecule has 0 spiro atoms. The standard InChI is InChI=1S/C19H30N2O4S/c1-5-26(23,24)21-8-6-17(7-9-21)19(22)20(4)10-11-25-18-13-15(2)12-16(3)14-18/h12-14,17H,5-11H2,1-4H3. The van der Waals surface area contributed by atoms with E-state index in [1.165, 1.54) is 4.31 Å². The highest BCUT2D eigenvalue weighted by atomic mass is 32.2. The van der Waals surface area contributed by atoms with Crippen LogP contribution in [-0.4, -0.2) is 62.6 Å². The summed E-state index contributed by atoms with van der Waals surface area (Å²) in [4.78, 5) is 14.3. The van der Waals surface area contributed by atoms with Gasteiger partial charge in [0, 0.05) is 26.1 Å². The van der Waals surface area contributed by atoms with Gasteiger partial charge in [0.15, 0.2) is 0 Å². The van der Waals surface area contributed by atoms with E-state index >= 15 is 0 Å². The highest BCUT2D eigenvalue weighted by Crippen LogP contribution is 2.22. The minimum atomic E-state index is -3.15. The molecule has 0 atom stereocenters. The summed E-state index contributed by atoms with van der Waals surface area (Å²) in [6.07, 6.45) is 1.17. The number of hydrogen-bond acceptors (Lipinski definition) is 4. The summed E-state index contributed by atoms with van der Waals surface area (Å²) >= 11 is 0. The number of carbonyl (C=O) groups is 1. The maximum Gasteiger partial charge on any atom is 0.225 e. The first-order valence-electron chi connectivity index (χ1n) is 9.17. The number of aryl methyl sites for hydroxylation is 2. The highest BCUT2D eigenvalue weighted by molar-refractivity contribution is 7.89. The maximum absolute atomic E-state index is 12.6. The molecule has 6 nitrogen and oxygen atoms in total. The summed E-state index contributed by atoms with van der Waals surface area (Å²) in [6, 6.07) is 6.06. The molecule has 0 bridgehead atoms. The molecule has 146 valence electrons. The van der Waals surface area contributed by atoms with E-state index in [1.807, 2.05) is 26.0 Å². The van der Waals surface area contributed by atoms with Crippen LogP contribution in [0.15, 0.2) is 18.2 Å². The Balaban J connectivity index is 1.79. The van der Waals surface area contributed by atoms with Crippen LogP contribution in [0.3, 0.4) is 0 Å². The second kappa shape index (κ2) is 8.86. The minimum Gasteiger partial charge on any atom is -0.492 e. The number of sulfonamides is 1. The molecule has 0 N–H and O–H groups in total. The molecule has 1 aromatic carbocycles. The van der Waals surface area contributed by atoms with Crippen LogP contribution in [0.2, 0.25) is 0 Å². The largest absolute Gasteiger partial charge is 0.492 e. The first-order chi connectivity index (χ1) is 12.2. The Kier molecular flexibility index (Phi) is 7.06. The Morgan fingerprint density at radius 3 is 2.31 bits per heavy atom. The van der Waals surface area contributed by atoms with Crippen molar-refractivity contribution in [3.05, 3.63) is 29.3 Å². The van der Waals surface area contributed by atoms with Crippen LogP contribution in [0.1, 0.15) is 30.9 Å². The van der Waals surface area contributed by atoms with E-state index in [4.69, 9.17) is 4.74 Å². The third-order valence-corrected chi connectivity index (χ3v) is 6.71. The topological polar surface area (TPSA) is 66.9 Å². The van der Waals surface area contributed by atoms with E-state index in [-0.39, 0.29) is 17.6 Å². The molecule has 1 heterocycles. The maximum atomic E-state index is 12.6. The molecule has 1 amide bonds. The number of piperidine rings is 1. The number of benzene rings is 1. The molecule has 0 aliphatic carbocycles. The Bertz CT molecular complexity index is 705. The van der Waals surface area contributed by atoms with Gasteiger partial charge in [-0.25, -0.2) is 12.7 Å². The Morgan fingerprint density at radius 2 is 1.77 bits per heavy atom. The SMILES string of the molecule is CCS(=O)(=O)N1CCC(C(=O)N(C)CCOc2cc(C)cc(C)c2)CC1. The van der Waals surface area contributed by atoms with Gasteiger partial charge in [-0.1, -0.05) is 6.07 Å². The van der Waals surface area contributed by atoms with E-state index in [2.05, 4.69) is 6.07 Å². The number of amides is 1. The van der Waals surface area contributed by atoms with E-state index in [0.717, 1.165) is 16.9 Å². The minimum absolute atomic E-state index is 0.0718. The number of ether oxygens (including phenoxy) is 1. The summed E-state index contributed by atoms with van der Waals surface area (Å²) < 4.78 is 31.1. The zero-order valence-electron chi connectivity index (χ0n) is 16.2. The number of carbonyl (C=O) groups excluding carboxylic acids is 1. The first-order valence-corrected chi connectivity index (χ1v) is 10.8. The fourth-order valence-corrected chi connectivity index (χ4v) is 4.43. The lowest BCUT2D eigenvalue weighted by Crippen LogP contribution is -2.44. The van der Waals surface area contributed by atoms with Crippen LogP contribution in [0, 0.1) is 19.8 Å². The molecular formula is C19H30N2O4S. The van der Waals surface area contributed by atoms with Gasteiger partial charge in [-0.15, -0.1) is 0 Å². The lowest BCUT2D eigenvalue weighted by atomic mass is 9.97. The third-order valence-electron chi connectivity index (χ3n) is 4.83. The molecule has 1 aliphatic rings. The van der Waals surface area contributed by atoms with Gasteiger partial charge in [0.25, 0.3) is 0 Å². The molecular weight excluding hydrogens is 352 g/mol. The number of hydrogen-bond donors (Lipinski definition) is 0. The Morgan fingerprint density at radius 1 is 1.19 bits per heavy atom. The number of likely N-dealkylation sites (N-methyl/N-ethyl adjacent to an activating group) is 1. The van der Waals surface area contributed by atoms with Gasteiger partial charge < -0.3 is 9.64 Å².